The van der Waals surface area contributed by atoms with Crippen LogP contribution in [-0.4, -0.2) is 12.4 Å². The summed E-state index contributed by atoms with van der Waals surface area (Å²) in [4.78, 5) is 14.4. The molecule has 0 saturated heterocycles. The van der Waals surface area contributed by atoms with Crippen molar-refractivity contribution >= 4 is 5.84 Å². The van der Waals surface area contributed by atoms with Gasteiger partial charge in [-0.25, -0.2) is 0 Å². The topological polar surface area (TPSA) is 41.8 Å². The van der Waals surface area contributed by atoms with E-state index in [1.165, 1.54) is 19.3 Å². The number of hydrogen-bond acceptors (Lipinski definition) is 2. The van der Waals surface area contributed by atoms with E-state index in [1.807, 2.05) is 6.92 Å². The van der Waals surface area contributed by atoms with E-state index in [-0.39, 0.29) is 0 Å². The normalized spacial score (nSPS) is 11.7. The fourth-order valence-electron chi connectivity index (χ4n) is 1.10. The summed E-state index contributed by atoms with van der Waals surface area (Å²) in [6.07, 6.45) is 6.41. The van der Waals surface area contributed by atoms with Crippen LogP contribution in [0.3, 0.4) is 0 Å². The summed E-state index contributed by atoms with van der Waals surface area (Å²) in [6, 6.07) is 0. The van der Waals surface area contributed by atoms with Crippen LogP contribution in [0.15, 0.2) is 10.2 Å². The van der Waals surface area contributed by atoms with Crippen LogP contribution in [0.25, 0.3) is 0 Å². The summed E-state index contributed by atoms with van der Waals surface area (Å²) >= 11 is 0. The van der Waals surface area contributed by atoms with E-state index < -0.39 is 0 Å². The van der Waals surface area contributed by atoms with Gasteiger partial charge in [-0.2, -0.15) is 0 Å². The van der Waals surface area contributed by atoms with Crippen molar-refractivity contribution < 1.29 is 0 Å². The fraction of sp³-hybridized carbons (Fsp3) is 0.900. The summed E-state index contributed by atoms with van der Waals surface area (Å²) in [5, 5.41) is 2.92. The third kappa shape index (κ3) is 7.62. The van der Waals surface area contributed by atoms with Gasteiger partial charge in [-0.15, -0.1) is 4.91 Å². The minimum absolute atomic E-state index is 0.498. The molecule has 0 aromatic carbocycles. The van der Waals surface area contributed by atoms with Crippen molar-refractivity contribution in [3.8, 4) is 0 Å². The van der Waals surface area contributed by atoms with Gasteiger partial charge in [0.05, 0.1) is 0 Å². The number of rotatable bonds is 7. The fourth-order valence-corrected chi connectivity index (χ4v) is 1.10. The van der Waals surface area contributed by atoms with Crippen molar-refractivity contribution in [2.75, 3.05) is 6.54 Å². The van der Waals surface area contributed by atoms with Crippen molar-refractivity contribution in [2.45, 2.75) is 52.4 Å². The first-order valence-electron chi connectivity index (χ1n) is 5.21. The molecule has 0 saturated carbocycles. The highest BCUT2D eigenvalue weighted by Gasteiger charge is 1.97. The van der Waals surface area contributed by atoms with Crippen LogP contribution in [0.2, 0.25) is 0 Å². The van der Waals surface area contributed by atoms with Crippen molar-refractivity contribution in [3.63, 3.8) is 0 Å². The van der Waals surface area contributed by atoms with Gasteiger partial charge in [0.25, 0.3) is 0 Å². The maximum Gasteiger partial charge on any atom is 0.168 e. The summed E-state index contributed by atoms with van der Waals surface area (Å²) in [7, 11) is 0. The zero-order valence-corrected chi connectivity index (χ0v) is 8.75. The second kappa shape index (κ2) is 9.36. The lowest BCUT2D eigenvalue weighted by Gasteiger charge is -1.97. The van der Waals surface area contributed by atoms with Crippen molar-refractivity contribution in [3.05, 3.63) is 4.91 Å². The van der Waals surface area contributed by atoms with E-state index in [0.29, 0.717) is 5.84 Å². The van der Waals surface area contributed by atoms with E-state index in [9.17, 15) is 4.91 Å². The van der Waals surface area contributed by atoms with Crippen LogP contribution in [0.4, 0.5) is 0 Å². The van der Waals surface area contributed by atoms with Gasteiger partial charge in [-0.1, -0.05) is 33.1 Å². The maximum absolute atomic E-state index is 10.3. The van der Waals surface area contributed by atoms with Crippen molar-refractivity contribution in [1.29, 1.82) is 0 Å². The SMILES string of the molecule is CCCCCCC(N=O)=NCCC. The molecule has 13 heavy (non-hydrogen) atoms. The van der Waals surface area contributed by atoms with Crippen molar-refractivity contribution in [2.24, 2.45) is 10.2 Å². The third-order valence-corrected chi connectivity index (χ3v) is 1.88. The molecule has 0 N–H and O–H groups in total. The van der Waals surface area contributed by atoms with Gasteiger partial charge >= 0.3 is 0 Å². The molecule has 0 aromatic rings. The Bertz CT molecular complexity index is 155. The number of nitroso groups, excluding NO2 is 1. The first-order valence-corrected chi connectivity index (χ1v) is 5.21. The number of nitrogens with zero attached hydrogens (tertiary/aromatic N) is 2. The Balaban J connectivity index is 3.53. The van der Waals surface area contributed by atoms with Crippen molar-refractivity contribution in [1.82, 2.24) is 0 Å². The van der Waals surface area contributed by atoms with Gasteiger partial charge in [0.1, 0.15) is 0 Å². The second-order valence-electron chi connectivity index (χ2n) is 3.20. The molecule has 0 spiro atoms. The quantitative estimate of drug-likeness (QED) is 0.258. The van der Waals surface area contributed by atoms with Gasteiger partial charge < -0.3 is 0 Å². The molecule has 3 nitrogen and oxygen atoms in total. The lowest BCUT2D eigenvalue weighted by Crippen LogP contribution is -1.95. The van der Waals surface area contributed by atoms with Gasteiger partial charge in [0.15, 0.2) is 5.84 Å². The van der Waals surface area contributed by atoms with Crippen LogP contribution < -0.4 is 0 Å². The summed E-state index contributed by atoms with van der Waals surface area (Å²) in [5.74, 6) is 0.498. The van der Waals surface area contributed by atoms with Crippen LogP contribution in [-0.2, 0) is 0 Å². The molecule has 0 aliphatic heterocycles. The average molecular weight is 184 g/mol. The molecule has 0 heterocycles. The standard InChI is InChI=1S/C10H20N2O/c1-3-5-6-7-8-10(12-13)11-9-4-2/h3-9H2,1-2H3. The zero-order valence-electron chi connectivity index (χ0n) is 8.75. The molecule has 0 amide bonds. The molecule has 0 aliphatic carbocycles. The Morgan fingerprint density at radius 1 is 1.08 bits per heavy atom. The van der Waals surface area contributed by atoms with Gasteiger partial charge in [-0.05, 0) is 18.0 Å². The highest BCUT2D eigenvalue weighted by atomic mass is 16.3. The number of unbranched alkanes of at least 4 members (excludes halogenated alkanes) is 3. The van der Waals surface area contributed by atoms with E-state index in [2.05, 4.69) is 17.1 Å². The summed E-state index contributed by atoms with van der Waals surface area (Å²) in [5.41, 5.74) is 0. The molecule has 0 unspecified atom stereocenters. The molecule has 0 aromatic heterocycles. The molecule has 0 rings (SSSR count). The Labute approximate surface area is 80.6 Å². The largest absolute Gasteiger partial charge is 0.268 e. The zero-order chi connectivity index (χ0) is 9.94. The number of aliphatic imine (C=N–C) groups is 1. The lowest BCUT2D eigenvalue weighted by atomic mass is 10.1. The third-order valence-electron chi connectivity index (χ3n) is 1.88. The Morgan fingerprint density at radius 2 is 1.85 bits per heavy atom. The smallest absolute Gasteiger partial charge is 0.168 e. The average Bonchev–Trinajstić information content (AvgIpc) is 2.17. The Morgan fingerprint density at radius 3 is 2.38 bits per heavy atom. The monoisotopic (exact) mass is 184 g/mol. The first kappa shape index (κ1) is 12.3. The van der Waals surface area contributed by atoms with Crippen LogP contribution in [0, 0.1) is 4.91 Å². The Hall–Kier alpha value is -0.730. The first-order chi connectivity index (χ1) is 6.35. The lowest BCUT2D eigenvalue weighted by molar-refractivity contribution is 0.680. The highest BCUT2D eigenvalue weighted by Crippen LogP contribution is 2.04. The minimum atomic E-state index is 0.498. The van der Waals surface area contributed by atoms with E-state index >= 15 is 0 Å². The predicted octanol–water partition coefficient (Wildman–Crippen LogP) is 3.53. The molecule has 0 fully saturated rings. The van der Waals surface area contributed by atoms with E-state index in [0.717, 1.165) is 25.8 Å². The highest BCUT2D eigenvalue weighted by molar-refractivity contribution is 5.82. The molecule has 3 heteroatoms. The minimum Gasteiger partial charge on any atom is -0.268 e. The molecular weight excluding hydrogens is 164 g/mol. The molecule has 0 bridgehead atoms. The van der Waals surface area contributed by atoms with Gasteiger partial charge in [-0.3, -0.25) is 4.99 Å². The maximum atomic E-state index is 10.3. The van der Waals surface area contributed by atoms with Crippen LogP contribution in [0.1, 0.15) is 52.4 Å². The molecule has 0 atom stereocenters. The molecule has 0 radical (unpaired) electrons. The second-order valence-corrected chi connectivity index (χ2v) is 3.20. The molecule has 76 valence electrons. The summed E-state index contributed by atoms with van der Waals surface area (Å²) < 4.78 is 0. The number of amidine groups is 1. The van der Waals surface area contributed by atoms with Gasteiger partial charge in [0.2, 0.25) is 0 Å². The van der Waals surface area contributed by atoms with E-state index in [4.69, 9.17) is 0 Å². The molecule has 0 aliphatic rings. The molecular formula is C10H20N2O. The predicted molar refractivity (Wildman–Crippen MR) is 57.1 cm³/mol. The van der Waals surface area contributed by atoms with Crippen LogP contribution in [0.5, 0.6) is 0 Å². The van der Waals surface area contributed by atoms with E-state index in [1.54, 1.807) is 0 Å². The van der Waals surface area contributed by atoms with Gasteiger partial charge in [0, 0.05) is 13.0 Å². The Kier molecular flexibility index (Phi) is 8.83. The van der Waals surface area contributed by atoms with Crippen LogP contribution >= 0.6 is 0 Å². The number of hydrogen-bond donors (Lipinski definition) is 0. The summed E-state index contributed by atoms with van der Waals surface area (Å²) in [6.45, 7) is 4.95.